The largest absolute Gasteiger partial charge is 0.342 e. The van der Waals surface area contributed by atoms with Gasteiger partial charge in [0.05, 0.1) is 18.2 Å². The fourth-order valence-electron chi connectivity index (χ4n) is 3.42. The lowest BCUT2D eigenvalue weighted by molar-refractivity contribution is -0.144. The molecule has 1 aromatic rings. The Morgan fingerprint density at radius 2 is 2.09 bits per heavy atom. The molecule has 120 valence electrons. The highest BCUT2D eigenvalue weighted by Gasteiger charge is 2.35. The Labute approximate surface area is 130 Å². The summed E-state index contributed by atoms with van der Waals surface area (Å²) in [5.41, 5.74) is 0.779. The van der Waals surface area contributed by atoms with E-state index >= 15 is 0 Å². The summed E-state index contributed by atoms with van der Waals surface area (Å²) in [6.45, 7) is 5.95. The van der Waals surface area contributed by atoms with E-state index in [1.54, 1.807) is 12.1 Å². The maximum absolute atomic E-state index is 12.5. The quantitative estimate of drug-likeness (QED) is 0.809. The van der Waals surface area contributed by atoms with Crippen molar-refractivity contribution in [2.24, 2.45) is 11.8 Å². The van der Waals surface area contributed by atoms with Crippen LogP contribution in [0.15, 0.2) is 16.9 Å². The molecule has 6 nitrogen and oxygen atoms in total. The SMILES string of the molecule is Cc1ccc(=O)n(CC2CN(C(=O)C3CCCN(C)C3)C2)n1. The van der Waals surface area contributed by atoms with Crippen molar-refractivity contribution in [3.05, 3.63) is 28.2 Å². The van der Waals surface area contributed by atoms with Crippen LogP contribution in [0.2, 0.25) is 0 Å². The third kappa shape index (κ3) is 3.21. The number of hydrogen-bond acceptors (Lipinski definition) is 4. The molecule has 0 spiro atoms. The van der Waals surface area contributed by atoms with Gasteiger partial charge in [-0.15, -0.1) is 0 Å². The Morgan fingerprint density at radius 3 is 2.82 bits per heavy atom. The molecule has 1 unspecified atom stereocenters. The number of hydrogen-bond donors (Lipinski definition) is 0. The van der Waals surface area contributed by atoms with Gasteiger partial charge in [0, 0.05) is 31.6 Å². The van der Waals surface area contributed by atoms with Crippen molar-refractivity contribution in [3.63, 3.8) is 0 Å². The Morgan fingerprint density at radius 1 is 1.32 bits per heavy atom. The van der Waals surface area contributed by atoms with E-state index in [0.29, 0.717) is 12.5 Å². The summed E-state index contributed by atoms with van der Waals surface area (Å²) in [5, 5.41) is 4.26. The first-order chi connectivity index (χ1) is 10.5. The molecule has 0 radical (unpaired) electrons. The highest BCUT2D eigenvalue weighted by molar-refractivity contribution is 5.80. The number of aryl methyl sites for hydroxylation is 1. The smallest absolute Gasteiger partial charge is 0.266 e. The first-order valence-corrected chi connectivity index (χ1v) is 8.05. The summed E-state index contributed by atoms with van der Waals surface area (Å²) in [5.74, 6) is 0.782. The van der Waals surface area contributed by atoms with Crippen LogP contribution >= 0.6 is 0 Å². The van der Waals surface area contributed by atoms with Gasteiger partial charge >= 0.3 is 0 Å². The van der Waals surface area contributed by atoms with E-state index in [1.807, 2.05) is 11.8 Å². The molecule has 1 aromatic heterocycles. The Hall–Kier alpha value is -1.69. The molecule has 0 aromatic carbocycles. The molecule has 6 heteroatoms. The second-order valence-corrected chi connectivity index (χ2v) is 6.71. The van der Waals surface area contributed by atoms with E-state index in [2.05, 4.69) is 17.0 Å². The lowest BCUT2D eigenvalue weighted by Crippen LogP contribution is -2.55. The first-order valence-electron chi connectivity index (χ1n) is 8.05. The van der Waals surface area contributed by atoms with Crippen molar-refractivity contribution in [1.82, 2.24) is 19.6 Å². The maximum Gasteiger partial charge on any atom is 0.266 e. The van der Waals surface area contributed by atoms with Gasteiger partial charge in [-0.25, -0.2) is 4.68 Å². The maximum atomic E-state index is 12.5. The molecule has 2 aliphatic rings. The number of carbonyl (C=O) groups excluding carboxylic acids is 1. The van der Waals surface area contributed by atoms with Crippen molar-refractivity contribution in [2.45, 2.75) is 26.3 Å². The van der Waals surface area contributed by atoms with E-state index in [4.69, 9.17) is 0 Å². The molecule has 22 heavy (non-hydrogen) atoms. The van der Waals surface area contributed by atoms with Crippen LogP contribution in [0, 0.1) is 18.8 Å². The topological polar surface area (TPSA) is 58.4 Å². The molecule has 0 N–H and O–H groups in total. The van der Waals surface area contributed by atoms with Crippen molar-refractivity contribution in [2.75, 3.05) is 33.2 Å². The second-order valence-electron chi connectivity index (χ2n) is 6.71. The van der Waals surface area contributed by atoms with Gasteiger partial charge in [0.1, 0.15) is 0 Å². The number of piperidine rings is 1. The van der Waals surface area contributed by atoms with E-state index in [-0.39, 0.29) is 17.4 Å². The average molecular weight is 304 g/mol. The van der Waals surface area contributed by atoms with Gasteiger partial charge in [-0.05, 0) is 39.4 Å². The van der Waals surface area contributed by atoms with Crippen molar-refractivity contribution in [1.29, 1.82) is 0 Å². The van der Waals surface area contributed by atoms with Gasteiger partial charge in [-0.1, -0.05) is 0 Å². The molecule has 1 amide bonds. The summed E-state index contributed by atoms with van der Waals surface area (Å²) in [4.78, 5) is 28.4. The third-order valence-electron chi connectivity index (χ3n) is 4.67. The van der Waals surface area contributed by atoms with E-state index in [0.717, 1.165) is 44.7 Å². The van der Waals surface area contributed by atoms with E-state index in [9.17, 15) is 9.59 Å². The molecule has 0 bridgehead atoms. The lowest BCUT2D eigenvalue weighted by atomic mass is 9.92. The van der Waals surface area contributed by atoms with Gasteiger partial charge < -0.3 is 9.80 Å². The van der Waals surface area contributed by atoms with Gasteiger partial charge in [0.25, 0.3) is 5.56 Å². The number of likely N-dealkylation sites (tertiary alicyclic amines) is 2. The molecule has 1 atom stereocenters. The Balaban J connectivity index is 1.52. The molecule has 2 fully saturated rings. The first kappa shape index (κ1) is 15.2. The molecule has 0 aliphatic carbocycles. The lowest BCUT2D eigenvalue weighted by Gasteiger charge is -2.42. The summed E-state index contributed by atoms with van der Waals surface area (Å²) in [7, 11) is 2.08. The summed E-state index contributed by atoms with van der Waals surface area (Å²) < 4.78 is 1.52. The number of rotatable bonds is 3. The highest BCUT2D eigenvalue weighted by atomic mass is 16.2. The van der Waals surface area contributed by atoms with Crippen LogP contribution in [0.1, 0.15) is 18.5 Å². The number of carbonyl (C=O) groups is 1. The fourth-order valence-corrected chi connectivity index (χ4v) is 3.42. The molecule has 2 aliphatic heterocycles. The Bertz CT molecular complexity index is 606. The Kier molecular flexibility index (Phi) is 4.29. The summed E-state index contributed by atoms with van der Waals surface area (Å²) in [6, 6.07) is 3.29. The molecule has 0 saturated carbocycles. The van der Waals surface area contributed by atoms with Crippen LogP contribution in [-0.4, -0.2) is 58.7 Å². The highest BCUT2D eigenvalue weighted by Crippen LogP contribution is 2.23. The van der Waals surface area contributed by atoms with Crippen LogP contribution in [0.25, 0.3) is 0 Å². The zero-order valence-corrected chi connectivity index (χ0v) is 13.4. The monoisotopic (exact) mass is 304 g/mol. The fraction of sp³-hybridized carbons (Fsp3) is 0.688. The van der Waals surface area contributed by atoms with Crippen LogP contribution in [0.4, 0.5) is 0 Å². The zero-order chi connectivity index (χ0) is 15.7. The van der Waals surface area contributed by atoms with Crippen molar-refractivity contribution < 1.29 is 4.79 Å². The minimum Gasteiger partial charge on any atom is -0.342 e. The number of amides is 1. The summed E-state index contributed by atoms with van der Waals surface area (Å²) in [6.07, 6.45) is 2.11. The van der Waals surface area contributed by atoms with Crippen LogP contribution in [0.3, 0.4) is 0 Å². The normalized spacial score (nSPS) is 23.4. The third-order valence-corrected chi connectivity index (χ3v) is 4.67. The molecular formula is C16H24N4O2. The van der Waals surface area contributed by atoms with Crippen LogP contribution < -0.4 is 5.56 Å². The summed E-state index contributed by atoms with van der Waals surface area (Å²) >= 11 is 0. The second kappa shape index (κ2) is 6.20. The van der Waals surface area contributed by atoms with E-state index < -0.39 is 0 Å². The number of nitrogens with zero attached hydrogens (tertiary/aromatic N) is 4. The molecule has 3 heterocycles. The van der Waals surface area contributed by atoms with Crippen LogP contribution in [0.5, 0.6) is 0 Å². The molecular weight excluding hydrogens is 280 g/mol. The van der Waals surface area contributed by atoms with E-state index in [1.165, 1.54) is 4.68 Å². The van der Waals surface area contributed by atoms with Crippen LogP contribution in [-0.2, 0) is 11.3 Å². The predicted molar refractivity (Wildman–Crippen MR) is 83.5 cm³/mol. The van der Waals surface area contributed by atoms with Gasteiger partial charge in [0.15, 0.2) is 0 Å². The average Bonchev–Trinajstić information content (AvgIpc) is 2.45. The standard InChI is InChI=1S/C16H24N4O2/c1-12-5-6-15(21)20(17-12)10-13-8-19(9-13)16(22)14-4-3-7-18(2)11-14/h5-6,13-14H,3-4,7-11H2,1-2H3. The molecule has 3 rings (SSSR count). The predicted octanol–water partition coefficient (Wildman–Crippen LogP) is 0.352. The van der Waals surface area contributed by atoms with Gasteiger partial charge in [-0.2, -0.15) is 5.10 Å². The van der Waals surface area contributed by atoms with Gasteiger partial charge in [-0.3, -0.25) is 9.59 Å². The molecule has 2 saturated heterocycles. The van der Waals surface area contributed by atoms with Crippen molar-refractivity contribution in [3.8, 4) is 0 Å². The number of aromatic nitrogens is 2. The van der Waals surface area contributed by atoms with Gasteiger partial charge in [0.2, 0.25) is 5.91 Å². The zero-order valence-electron chi connectivity index (χ0n) is 13.4. The minimum absolute atomic E-state index is 0.0655. The minimum atomic E-state index is -0.0655. The van der Waals surface area contributed by atoms with Crippen molar-refractivity contribution >= 4 is 5.91 Å².